The number of benzene rings is 1. The van der Waals surface area contributed by atoms with Gasteiger partial charge in [-0.3, -0.25) is 9.79 Å². The van der Waals surface area contributed by atoms with E-state index in [0.29, 0.717) is 12.2 Å². The lowest BCUT2D eigenvalue weighted by Gasteiger charge is -2.40. The molecule has 3 atom stereocenters. The molecule has 7 nitrogen and oxygen atoms in total. The smallest absolute Gasteiger partial charge is 0.292 e. The maximum Gasteiger partial charge on any atom is 0.292 e. The number of para-hydroxylation sites is 1. The minimum Gasteiger partial charge on any atom is -0.459 e. The van der Waals surface area contributed by atoms with E-state index in [9.17, 15) is 4.79 Å². The molecule has 1 saturated heterocycles. The van der Waals surface area contributed by atoms with Crippen molar-refractivity contribution in [3.8, 4) is 0 Å². The number of amides is 1. The molecule has 1 aromatic carbocycles. The quantitative estimate of drug-likeness (QED) is 0.756. The summed E-state index contributed by atoms with van der Waals surface area (Å²) in [4.78, 5) is 23.7. The topological polar surface area (TPSA) is 83.9 Å². The zero-order valence-electron chi connectivity index (χ0n) is 15.2. The molecular formula is C20H20N4O3. The third-order valence-corrected chi connectivity index (χ3v) is 5.54. The Morgan fingerprint density at radius 1 is 1.33 bits per heavy atom. The van der Waals surface area contributed by atoms with Gasteiger partial charge in [0.05, 0.1) is 24.1 Å². The summed E-state index contributed by atoms with van der Waals surface area (Å²) in [6.45, 7) is 4.39. The average Bonchev–Trinajstić information content (AvgIpc) is 3.39. The van der Waals surface area contributed by atoms with Crippen LogP contribution in [-0.2, 0) is 0 Å². The fourth-order valence-corrected chi connectivity index (χ4v) is 4.15. The molecule has 5 rings (SSSR count). The van der Waals surface area contributed by atoms with Crippen LogP contribution >= 0.6 is 0 Å². The van der Waals surface area contributed by atoms with Crippen LogP contribution in [0.1, 0.15) is 40.0 Å². The summed E-state index contributed by atoms with van der Waals surface area (Å²) in [6, 6.07) is 7.90. The highest BCUT2D eigenvalue weighted by Crippen LogP contribution is 2.39. The number of aryl methyl sites for hydroxylation is 2. The Morgan fingerprint density at radius 3 is 3.00 bits per heavy atom. The zero-order valence-corrected chi connectivity index (χ0v) is 15.2. The van der Waals surface area contributed by atoms with Gasteiger partial charge in [-0.05, 0) is 31.9 Å². The number of aromatic nitrogens is 1. The molecule has 2 aliphatic rings. The molecule has 0 bridgehead atoms. The van der Waals surface area contributed by atoms with Crippen LogP contribution in [-0.4, -0.2) is 40.8 Å². The maximum absolute atomic E-state index is 13.2. The van der Waals surface area contributed by atoms with Gasteiger partial charge in [0, 0.05) is 11.9 Å². The second-order valence-electron chi connectivity index (χ2n) is 7.18. The summed E-state index contributed by atoms with van der Waals surface area (Å²) < 4.78 is 11.6. The lowest BCUT2D eigenvalue weighted by Crippen LogP contribution is -2.52. The van der Waals surface area contributed by atoms with Crippen molar-refractivity contribution in [3.05, 3.63) is 53.4 Å². The maximum atomic E-state index is 13.2. The van der Waals surface area contributed by atoms with Gasteiger partial charge in [-0.1, -0.05) is 18.2 Å². The Labute approximate surface area is 156 Å². The lowest BCUT2D eigenvalue weighted by molar-refractivity contribution is 0.0486. The first-order chi connectivity index (χ1) is 13.1. The number of furan rings is 1. The molecule has 1 amide bonds. The number of fused-ring (bicyclic) bond motifs is 2. The van der Waals surface area contributed by atoms with Crippen LogP contribution in [0.2, 0.25) is 0 Å². The van der Waals surface area contributed by atoms with Crippen LogP contribution in [0.25, 0.3) is 11.0 Å². The monoisotopic (exact) mass is 364 g/mol. The Morgan fingerprint density at radius 2 is 2.22 bits per heavy atom. The highest BCUT2D eigenvalue weighted by molar-refractivity contribution is 5.93. The summed E-state index contributed by atoms with van der Waals surface area (Å²) in [5, 5.41) is 4.33. The van der Waals surface area contributed by atoms with E-state index in [0.717, 1.165) is 28.7 Å². The van der Waals surface area contributed by atoms with Gasteiger partial charge >= 0.3 is 0 Å². The van der Waals surface area contributed by atoms with Gasteiger partial charge in [0.15, 0.2) is 6.39 Å². The van der Waals surface area contributed by atoms with E-state index >= 15 is 0 Å². The van der Waals surface area contributed by atoms with Gasteiger partial charge in [0.1, 0.15) is 17.4 Å². The highest BCUT2D eigenvalue weighted by atomic mass is 16.4. The van der Waals surface area contributed by atoms with Crippen molar-refractivity contribution in [2.45, 2.75) is 38.4 Å². The first kappa shape index (κ1) is 16.1. The van der Waals surface area contributed by atoms with E-state index in [1.54, 1.807) is 13.3 Å². The second kappa shape index (κ2) is 5.97. The number of aliphatic imine (C=N–C) groups is 1. The Bertz CT molecular complexity index is 1050. The van der Waals surface area contributed by atoms with Crippen LogP contribution in [0.5, 0.6) is 0 Å². The first-order valence-corrected chi connectivity index (χ1v) is 9.11. The Balaban J connectivity index is 1.61. The van der Waals surface area contributed by atoms with Gasteiger partial charge in [-0.25, -0.2) is 4.98 Å². The molecule has 3 aromatic rings. The Kier molecular flexibility index (Phi) is 3.56. The van der Waals surface area contributed by atoms with Gasteiger partial charge < -0.3 is 19.1 Å². The molecular weight excluding hydrogens is 344 g/mol. The van der Waals surface area contributed by atoms with Crippen molar-refractivity contribution in [1.29, 1.82) is 0 Å². The minimum absolute atomic E-state index is 0.0909. The van der Waals surface area contributed by atoms with Gasteiger partial charge in [-0.15, -0.1) is 0 Å². The summed E-state index contributed by atoms with van der Waals surface area (Å²) in [5.41, 5.74) is 2.52. The largest absolute Gasteiger partial charge is 0.459 e. The molecule has 0 radical (unpaired) electrons. The molecule has 1 N–H and O–H groups in total. The molecule has 2 aliphatic heterocycles. The molecule has 2 unspecified atom stereocenters. The first-order valence-electron chi connectivity index (χ1n) is 9.11. The number of nitrogens with zero attached hydrogens (tertiary/aromatic N) is 3. The third kappa shape index (κ3) is 2.45. The molecule has 138 valence electrons. The lowest BCUT2D eigenvalue weighted by atomic mass is 9.90. The average molecular weight is 364 g/mol. The van der Waals surface area contributed by atoms with Crippen LogP contribution in [0.3, 0.4) is 0 Å². The van der Waals surface area contributed by atoms with E-state index in [-0.39, 0.29) is 29.8 Å². The van der Waals surface area contributed by atoms with Crippen molar-refractivity contribution in [3.63, 3.8) is 0 Å². The fraction of sp³-hybridized carbons (Fsp3) is 0.350. The number of rotatable bonds is 2. The molecule has 4 heterocycles. The molecule has 1 fully saturated rings. The number of hydrogen-bond acceptors (Lipinski definition) is 6. The summed E-state index contributed by atoms with van der Waals surface area (Å²) in [5.74, 6) is 0.855. The van der Waals surface area contributed by atoms with E-state index in [1.165, 1.54) is 6.39 Å². The number of nitrogens with one attached hydrogen (secondary N) is 1. The predicted octanol–water partition coefficient (Wildman–Crippen LogP) is 2.99. The number of oxazole rings is 1. The zero-order chi connectivity index (χ0) is 18.5. The van der Waals surface area contributed by atoms with E-state index in [2.05, 4.69) is 15.3 Å². The highest BCUT2D eigenvalue weighted by Gasteiger charge is 2.45. The van der Waals surface area contributed by atoms with E-state index in [4.69, 9.17) is 8.83 Å². The van der Waals surface area contributed by atoms with Crippen LogP contribution < -0.4 is 5.32 Å². The van der Waals surface area contributed by atoms with Crippen molar-refractivity contribution in [2.24, 2.45) is 4.99 Å². The van der Waals surface area contributed by atoms with Crippen LogP contribution in [0, 0.1) is 13.8 Å². The van der Waals surface area contributed by atoms with Gasteiger partial charge in [0.2, 0.25) is 5.76 Å². The second-order valence-corrected chi connectivity index (χ2v) is 7.18. The normalized spacial score (nSPS) is 24.2. The number of carbonyl (C=O) groups excluding carboxylic acids is 1. The van der Waals surface area contributed by atoms with Gasteiger partial charge in [-0.2, -0.15) is 0 Å². The van der Waals surface area contributed by atoms with Crippen molar-refractivity contribution in [2.75, 3.05) is 6.54 Å². The SMILES string of the molecule is Cc1ncoc1C(=O)N1CCC2NC=NC2[C@H]1c1cc2cccc(C)c2o1. The molecule has 27 heavy (non-hydrogen) atoms. The summed E-state index contributed by atoms with van der Waals surface area (Å²) in [6.07, 6.45) is 3.87. The van der Waals surface area contributed by atoms with E-state index in [1.807, 2.05) is 36.1 Å². The van der Waals surface area contributed by atoms with Crippen molar-refractivity contribution >= 4 is 23.2 Å². The predicted molar refractivity (Wildman–Crippen MR) is 99.8 cm³/mol. The number of piperidine rings is 1. The molecule has 7 heteroatoms. The number of likely N-dealkylation sites (tertiary alicyclic amines) is 1. The molecule has 0 saturated carbocycles. The van der Waals surface area contributed by atoms with Crippen LogP contribution in [0.15, 0.2) is 44.5 Å². The standard InChI is InChI=1S/C20H20N4O3/c1-11-4-3-5-13-8-15(27-18(11)13)17-16-14(21-9-22-16)6-7-24(17)20(25)19-12(2)23-10-26-19/h3-5,8-10,14,16-17H,6-7H2,1-2H3,(H,21,22)/t14?,16?,17-/m1/s1. The molecule has 0 spiro atoms. The summed E-state index contributed by atoms with van der Waals surface area (Å²) >= 11 is 0. The molecule has 0 aliphatic carbocycles. The summed E-state index contributed by atoms with van der Waals surface area (Å²) in [7, 11) is 0. The number of hydrogen-bond donors (Lipinski definition) is 1. The minimum atomic E-state index is -0.293. The van der Waals surface area contributed by atoms with Gasteiger partial charge in [0.25, 0.3) is 5.91 Å². The number of carbonyl (C=O) groups is 1. The fourth-order valence-electron chi connectivity index (χ4n) is 4.15. The van der Waals surface area contributed by atoms with Crippen molar-refractivity contribution in [1.82, 2.24) is 15.2 Å². The Hall–Kier alpha value is -3.09. The molecule has 2 aromatic heterocycles. The van der Waals surface area contributed by atoms with Crippen molar-refractivity contribution < 1.29 is 13.6 Å². The van der Waals surface area contributed by atoms with Crippen LogP contribution in [0.4, 0.5) is 0 Å². The van der Waals surface area contributed by atoms with E-state index < -0.39 is 0 Å². The third-order valence-electron chi connectivity index (χ3n) is 5.54.